The lowest BCUT2D eigenvalue weighted by Gasteiger charge is -2.00. The van der Waals surface area contributed by atoms with E-state index in [9.17, 15) is 4.79 Å². The highest BCUT2D eigenvalue weighted by atomic mass is 127. The summed E-state index contributed by atoms with van der Waals surface area (Å²) >= 11 is 2.01. The van der Waals surface area contributed by atoms with Crippen molar-refractivity contribution in [2.45, 2.75) is 6.92 Å². The van der Waals surface area contributed by atoms with Crippen LogP contribution in [0, 0.1) is 3.57 Å². The van der Waals surface area contributed by atoms with E-state index in [-0.39, 0.29) is 5.91 Å². The van der Waals surface area contributed by atoms with Crippen LogP contribution in [0.4, 0.5) is 0 Å². The maximum atomic E-state index is 11.2. The lowest BCUT2D eigenvalue weighted by Crippen LogP contribution is -2.24. The molecule has 0 aliphatic carbocycles. The Morgan fingerprint density at radius 3 is 3.17 bits per heavy atom. The predicted molar refractivity (Wildman–Crippen MR) is 50.4 cm³/mol. The molecule has 1 aromatic rings. The van der Waals surface area contributed by atoms with Gasteiger partial charge in [-0.3, -0.25) is 14.7 Å². The van der Waals surface area contributed by atoms with Gasteiger partial charge < -0.3 is 0 Å². The molecule has 1 aromatic heterocycles. The molecule has 66 valence electrons. The van der Waals surface area contributed by atoms with E-state index in [1.54, 1.807) is 13.1 Å². The number of carbonyl (C=O) groups is 1. The maximum absolute atomic E-state index is 11.2. The third-order valence-electron chi connectivity index (χ3n) is 1.13. The molecule has 12 heavy (non-hydrogen) atoms. The second kappa shape index (κ2) is 4.41. The molecule has 0 atom stereocenters. The minimum Gasteiger partial charge on any atom is -0.274 e. The van der Waals surface area contributed by atoms with Crippen molar-refractivity contribution in [3.8, 4) is 0 Å². The van der Waals surface area contributed by atoms with Gasteiger partial charge in [0, 0.05) is 0 Å². The van der Waals surface area contributed by atoms with Crippen LogP contribution in [-0.2, 0) is 4.84 Å². The van der Waals surface area contributed by atoms with Crippen molar-refractivity contribution in [3.63, 3.8) is 0 Å². The number of amides is 1. The molecule has 0 saturated heterocycles. The highest BCUT2D eigenvalue weighted by molar-refractivity contribution is 14.1. The number of rotatable bonds is 3. The summed E-state index contributed by atoms with van der Waals surface area (Å²) in [5.41, 5.74) is 2.68. The largest absolute Gasteiger partial charge is 0.293 e. The summed E-state index contributed by atoms with van der Waals surface area (Å²) in [5, 5.41) is 6.27. The summed E-state index contributed by atoms with van der Waals surface area (Å²) in [6.07, 6.45) is 1.57. The van der Waals surface area contributed by atoms with Crippen molar-refractivity contribution >= 4 is 28.5 Å². The molecule has 6 heteroatoms. The molecule has 0 spiro atoms. The quantitative estimate of drug-likeness (QED) is 0.633. The van der Waals surface area contributed by atoms with Gasteiger partial charge in [0.25, 0.3) is 5.91 Å². The lowest BCUT2D eigenvalue weighted by atomic mass is 10.4. The van der Waals surface area contributed by atoms with E-state index >= 15 is 0 Å². The van der Waals surface area contributed by atoms with E-state index in [0.29, 0.717) is 12.3 Å². The number of hydrogen-bond donors (Lipinski definition) is 2. The van der Waals surface area contributed by atoms with Crippen LogP contribution in [0.5, 0.6) is 0 Å². The van der Waals surface area contributed by atoms with E-state index in [0.717, 1.165) is 3.57 Å². The molecule has 2 N–H and O–H groups in total. The zero-order valence-electron chi connectivity index (χ0n) is 6.43. The van der Waals surface area contributed by atoms with Gasteiger partial charge in [-0.05, 0) is 29.5 Å². The summed E-state index contributed by atoms with van der Waals surface area (Å²) in [5.74, 6) is -0.307. The Labute approximate surface area is 83.0 Å². The first-order valence-corrected chi connectivity index (χ1v) is 4.44. The van der Waals surface area contributed by atoms with E-state index in [1.165, 1.54) is 0 Å². The molecule has 0 aromatic carbocycles. The zero-order valence-corrected chi connectivity index (χ0v) is 8.58. The van der Waals surface area contributed by atoms with Crippen molar-refractivity contribution in [1.82, 2.24) is 15.7 Å². The van der Waals surface area contributed by atoms with Gasteiger partial charge in [0.05, 0.1) is 16.4 Å². The average Bonchev–Trinajstić information content (AvgIpc) is 2.47. The summed E-state index contributed by atoms with van der Waals surface area (Å²) in [6, 6.07) is 0. The fourth-order valence-corrected chi connectivity index (χ4v) is 1.12. The zero-order chi connectivity index (χ0) is 8.97. The monoisotopic (exact) mass is 281 g/mol. The van der Waals surface area contributed by atoms with Crippen LogP contribution in [0.1, 0.15) is 17.4 Å². The Hall–Kier alpha value is -0.630. The summed E-state index contributed by atoms with van der Waals surface area (Å²) in [4.78, 5) is 15.9. The maximum Gasteiger partial charge on any atom is 0.293 e. The van der Waals surface area contributed by atoms with Crippen LogP contribution in [0.2, 0.25) is 0 Å². The number of carbonyl (C=O) groups excluding carboxylic acids is 1. The molecule has 0 unspecified atom stereocenters. The van der Waals surface area contributed by atoms with Crippen LogP contribution in [-0.4, -0.2) is 22.7 Å². The van der Waals surface area contributed by atoms with Crippen molar-refractivity contribution < 1.29 is 9.63 Å². The molecular weight excluding hydrogens is 273 g/mol. The second-order valence-electron chi connectivity index (χ2n) is 1.96. The average molecular weight is 281 g/mol. The topological polar surface area (TPSA) is 67.0 Å². The van der Waals surface area contributed by atoms with Gasteiger partial charge in [0.15, 0.2) is 0 Å². The van der Waals surface area contributed by atoms with Crippen LogP contribution in [0.15, 0.2) is 6.20 Å². The van der Waals surface area contributed by atoms with Crippen LogP contribution >= 0.6 is 22.6 Å². The number of aromatic nitrogens is 2. The minimum absolute atomic E-state index is 0.307. The van der Waals surface area contributed by atoms with E-state index in [1.807, 2.05) is 22.6 Å². The minimum atomic E-state index is -0.307. The number of nitrogens with one attached hydrogen (secondary N) is 2. The summed E-state index contributed by atoms with van der Waals surface area (Å²) in [7, 11) is 0. The van der Waals surface area contributed by atoms with Gasteiger partial charge in [-0.1, -0.05) is 0 Å². The fourth-order valence-electron chi connectivity index (χ4n) is 0.619. The van der Waals surface area contributed by atoms with Crippen LogP contribution in [0.3, 0.4) is 0 Å². The highest BCUT2D eigenvalue weighted by Gasteiger charge is 2.10. The van der Waals surface area contributed by atoms with E-state index in [4.69, 9.17) is 4.84 Å². The van der Waals surface area contributed by atoms with Crippen LogP contribution in [0.25, 0.3) is 0 Å². The third kappa shape index (κ3) is 2.18. The molecule has 0 radical (unpaired) electrons. The molecule has 5 nitrogen and oxygen atoms in total. The van der Waals surface area contributed by atoms with Gasteiger partial charge in [-0.15, -0.1) is 0 Å². The van der Waals surface area contributed by atoms with Crippen LogP contribution < -0.4 is 5.48 Å². The van der Waals surface area contributed by atoms with Crippen molar-refractivity contribution in [2.24, 2.45) is 0 Å². The van der Waals surface area contributed by atoms with E-state index < -0.39 is 0 Å². The molecular formula is C6H8IN3O2. The number of nitrogens with zero attached hydrogens (tertiary/aromatic N) is 1. The molecule has 0 bridgehead atoms. The standard InChI is InChI=1S/C6H8IN3O2/c1-2-12-10-6(11)5-4(7)3-8-9-5/h3H,2H2,1H3,(H,8,9)(H,10,11). The predicted octanol–water partition coefficient (Wildman–Crippen LogP) is 0.696. The number of hydrogen-bond acceptors (Lipinski definition) is 3. The Morgan fingerprint density at radius 1 is 1.92 bits per heavy atom. The molecule has 0 aliphatic rings. The Kier molecular flexibility index (Phi) is 3.48. The van der Waals surface area contributed by atoms with Crippen molar-refractivity contribution in [1.29, 1.82) is 0 Å². The van der Waals surface area contributed by atoms with Gasteiger partial charge >= 0.3 is 0 Å². The molecule has 0 aliphatic heterocycles. The Morgan fingerprint density at radius 2 is 2.67 bits per heavy atom. The first-order chi connectivity index (χ1) is 5.75. The van der Waals surface area contributed by atoms with Crippen molar-refractivity contribution in [3.05, 3.63) is 15.5 Å². The molecule has 1 heterocycles. The Bertz CT molecular complexity index is 274. The second-order valence-corrected chi connectivity index (χ2v) is 3.12. The Balaban J connectivity index is 2.59. The molecule has 1 amide bonds. The summed E-state index contributed by atoms with van der Waals surface area (Å²) in [6.45, 7) is 2.23. The van der Waals surface area contributed by atoms with Gasteiger partial charge in [-0.2, -0.15) is 5.10 Å². The number of halogens is 1. The molecule has 1 rings (SSSR count). The van der Waals surface area contributed by atoms with E-state index in [2.05, 4.69) is 15.7 Å². The smallest absolute Gasteiger partial charge is 0.274 e. The number of aromatic amines is 1. The lowest BCUT2D eigenvalue weighted by molar-refractivity contribution is 0.0359. The number of H-pyrrole nitrogens is 1. The first-order valence-electron chi connectivity index (χ1n) is 3.36. The van der Waals surface area contributed by atoms with Crippen molar-refractivity contribution in [2.75, 3.05) is 6.61 Å². The molecule has 0 saturated carbocycles. The first kappa shape index (κ1) is 9.46. The third-order valence-corrected chi connectivity index (χ3v) is 1.95. The normalized spacial score (nSPS) is 9.83. The van der Waals surface area contributed by atoms with Gasteiger partial charge in [-0.25, -0.2) is 5.48 Å². The highest BCUT2D eigenvalue weighted by Crippen LogP contribution is 2.06. The fraction of sp³-hybridized carbons (Fsp3) is 0.333. The number of hydroxylamine groups is 1. The van der Waals surface area contributed by atoms with Gasteiger partial charge in [0.1, 0.15) is 5.69 Å². The van der Waals surface area contributed by atoms with Gasteiger partial charge in [0.2, 0.25) is 0 Å². The summed E-state index contributed by atoms with van der Waals surface area (Å²) < 4.78 is 0.768. The molecule has 0 fully saturated rings. The SMILES string of the molecule is CCONC(=O)c1[nH]ncc1I.